The van der Waals surface area contributed by atoms with Crippen molar-refractivity contribution in [3.05, 3.63) is 45.9 Å². The fraction of sp³-hybridized carbons (Fsp3) is 0.545. The van der Waals surface area contributed by atoms with Gasteiger partial charge in [0, 0.05) is 44.0 Å². The summed E-state index contributed by atoms with van der Waals surface area (Å²) in [7, 11) is 0. The number of carbonyl (C=O) groups excluding carboxylic acids is 2. The van der Waals surface area contributed by atoms with Crippen molar-refractivity contribution in [3.63, 3.8) is 0 Å². The van der Waals surface area contributed by atoms with Crippen LogP contribution in [0.25, 0.3) is 0 Å². The zero-order valence-corrected chi connectivity index (χ0v) is 22.7. The monoisotopic (exact) mass is 548 g/mol. The third-order valence-electron chi connectivity index (χ3n) is 4.83. The van der Waals surface area contributed by atoms with Gasteiger partial charge in [-0.15, -0.1) is 47.0 Å². The summed E-state index contributed by atoms with van der Waals surface area (Å²) in [4.78, 5) is 24.7. The van der Waals surface area contributed by atoms with Gasteiger partial charge in [-0.3, -0.25) is 0 Å². The Balaban J connectivity index is 1.28. The number of hydrogen-bond donors (Lipinski definition) is 0. The van der Waals surface area contributed by atoms with Crippen LogP contribution < -0.4 is 0 Å². The lowest BCUT2D eigenvalue weighted by Crippen LogP contribution is -2.21. The third kappa shape index (κ3) is 9.33. The molecule has 3 rings (SSSR count). The quantitative estimate of drug-likeness (QED) is 0.199. The van der Waals surface area contributed by atoms with E-state index in [-0.39, 0.29) is 11.9 Å². The molecule has 0 aromatic heterocycles. The summed E-state index contributed by atoms with van der Waals surface area (Å²) >= 11 is 11.6. The van der Waals surface area contributed by atoms with Gasteiger partial charge < -0.3 is 9.47 Å². The zero-order chi connectivity index (χ0) is 22.8. The fourth-order valence-electron chi connectivity index (χ4n) is 3.27. The molecule has 2 heterocycles. The number of esters is 2. The van der Waals surface area contributed by atoms with Crippen LogP contribution in [0.15, 0.2) is 45.9 Å². The van der Waals surface area contributed by atoms with E-state index in [1.54, 1.807) is 0 Å². The average molecular weight is 549 g/mol. The molecule has 0 spiro atoms. The molecule has 1 fully saturated rings. The van der Waals surface area contributed by atoms with Crippen LogP contribution in [0.4, 0.5) is 0 Å². The van der Waals surface area contributed by atoms with Gasteiger partial charge in [-0.05, 0) is 30.1 Å². The first-order valence-electron chi connectivity index (χ1n) is 10.4. The van der Waals surface area contributed by atoms with E-state index in [0.29, 0.717) is 22.4 Å². The van der Waals surface area contributed by atoms with Crippen molar-refractivity contribution in [2.75, 3.05) is 24.7 Å². The van der Waals surface area contributed by atoms with Crippen LogP contribution in [0.5, 0.6) is 0 Å². The summed E-state index contributed by atoms with van der Waals surface area (Å²) in [5.41, 5.74) is 0. The van der Waals surface area contributed by atoms with Gasteiger partial charge >= 0.3 is 11.9 Å². The highest BCUT2D eigenvalue weighted by atomic mass is 32.2. The highest BCUT2D eigenvalue weighted by Crippen LogP contribution is 2.45. The number of rotatable bonds is 12. The second-order valence-corrected chi connectivity index (χ2v) is 15.3. The lowest BCUT2D eigenvalue weighted by Gasteiger charge is -2.29. The van der Waals surface area contributed by atoms with E-state index in [2.05, 4.69) is 47.5 Å². The van der Waals surface area contributed by atoms with Gasteiger partial charge in [-0.25, -0.2) is 9.59 Å². The molecular formula is C22H28O4S6. The Morgan fingerprint density at radius 2 is 1.38 bits per heavy atom. The van der Waals surface area contributed by atoms with Gasteiger partial charge in [0.15, 0.2) is 0 Å². The summed E-state index contributed by atoms with van der Waals surface area (Å²) in [6, 6.07) is 0. The normalized spacial score (nSPS) is 27.4. The Kier molecular flexibility index (Phi) is 12.0. The molecular weight excluding hydrogens is 521 g/mol. The molecule has 4 unspecified atom stereocenters. The summed E-state index contributed by atoms with van der Waals surface area (Å²) in [6.07, 6.45) is 7.64. The predicted octanol–water partition coefficient (Wildman–Crippen LogP) is 6.52. The SMILES string of the molecule is C=CC(=O)OCC1=CSC(CSC2CCCC(SCC3SC=C(COC(=O)C=C)S3)C2)S1. The van der Waals surface area contributed by atoms with Crippen LogP contribution >= 0.6 is 70.6 Å². The number of hydrogen-bond acceptors (Lipinski definition) is 10. The molecule has 2 aliphatic heterocycles. The van der Waals surface area contributed by atoms with E-state index in [9.17, 15) is 9.59 Å². The van der Waals surface area contributed by atoms with Crippen molar-refractivity contribution in [1.82, 2.24) is 0 Å². The maximum absolute atomic E-state index is 11.2. The van der Waals surface area contributed by atoms with E-state index in [4.69, 9.17) is 9.47 Å². The molecule has 0 amide bonds. The second-order valence-electron chi connectivity index (χ2n) is 7.24. The fourth-order valence-corrected chi connectivity index (χ4v) is 11.7. The molecule has 0 aromatic rings. The Labute approximate surface area is 216 Å². The Morgan fingerprint density at radius 3 is 1.81 bits per heavy atom. The Morgan fingerprint density at radius 1 is 0.906 bits per heavy atom. The smallest absolute Gasteiger partial charge is 0.330 e. The molecule has 10 heteroatoms. The number of ether oxygens (including phenoxy) is 2. The molecule has 0 saturated heterocycles. The minimum absolute atomic E-state index is 0.357. The lowest BCUT2D eigenvalue weighted by atomic mass is 10.00. The lowest BCUT2D eigenvalue weighted by molar-refractivity contribution is -0.137. The Hall–Kier alpha value is -0.000000000000000222. The number of thioether (sulfide) groups is 6. The summed E-state index contributed by atoms with van der Waals surface area (Å²) in [5, 5.41) is 5.73. The number of carbonyl (C=O) groups is 2. The topological polar surface area (TPSA) is 52.6 Å². The molecule has 0 bridgehead atoms. The van der Waals surface area contributed by atoms with Gasteiger partial charge in [0.1, 0.15) is 13.2 Å². The predicted molar refractivity (Wildman–Crippen MR) is 147 cm³/mol. The van der Waals surface area contributed by atoms with Crippen LogP contribution in [0.1, 0.15) is 25.7 Å². The van der Waals surface area contributed by atoms with Crippen molar-refractivity contribution < 1.29 is 19.1 Å². The standard InChI is InChI=1S/C22H28O4S6/c1-3-19(23)25-9-17-11-29-21(31-17)13-27-15-6-5-7-16(8-15)28-14-22-30-12-18(32-22)10-26-20(24)4-2/h3-4,11-12,15-16,21-22H,1-2,5-10,13-14H2. The van der Waals surface area contributed by atoms with E-state index in [1.807, 2.05) is 47.0 Å². The molecule has 1 aliphatic carbocycles. The van der Waals surface area contributed by atoms with Crippen molar-refractivity contribution in [1.29, 1.82) is 0 Å². The third-order valence-corrected chi connectivity index (χ3v) is 13.8. The van der Waals surface area contributed by atoms with Crippen LogP contribution in [-0.4, -0.2) is 56.3 Å². The van der Waals surface area contributed by atoms with Crippen molar-refractivity contribution in [2.24, 2.45) is 0 Å². The van der Waals surface area contributed by atoms with Crippen molar-refractivity contribution in [2.45, 2.75) is 45.3 Å². The molecule has 32 heavy (non-hydrogen) atoms. The van der Waals surface area contributed by atoms with Crippen LogP contribution in [0.2, 0.25) is 0 Å². The highest BCUT2D eigenvalue weighted by molar-refractivity contribution is 8.24. The van der Waals surface area contributed by atoms with E-state index in [0.717, 1.165) is 31.8 Å². The maximum Gasteiger partial charge on any atom is 0.330 e. The molecule has 0 radical (unpaired) electrons. The molecule has 4 atom stereocenters. The van der Waals surface area contributed by atoms with Crippen molar-refractivity contribution in [3.8, 4) is 0 Å². The van der Waals surface area contributed by atoms with Gasteiger partial charge in [-0.1, -0.05) is 19.6 Å². The average Bonchev–Trinajstić information content (AvgIpc) is 3.48. The van der Waals surface area contributed by atoms with Crippen molar-refractivity contribution >= 4 is 82.5 Å². The highest BCUT2D eigenvalue weighted by Gasteiger charge is 2.27. The zero-order valence-electron chi connectivity index (χ0n) is 17.8. The van der Waals surface area contributed by atoms with E-state index < -0.39 is 0 Å². The first-order chi connectivity index (χ1) is 15.6. The molecule has 1 saturated carbocycles. The Bertz CT molecular complexity index is 693. The van der Waals surface area contributed by atoms with Gasteiger partial charge in [0.2, 0.25) is 0 Å². The van der Waals surface area contributed by atoms with Crippen LogP contribution in [-0.2, 0) is 19.1 Å². The minimum Gasteiger partial charge on any atom is -0.457 e. The first kappa shape index (κ1) is 26.6. The first-order valence-corrected chi connectivity index (χ1v) is 16.1. The molecule has 0 N–H and O–H groups in total. The van der Waals surface area contributed by atoms with E-state index >= 15 is 0 Å². The van der Waals surface area contributed by atoms with Gasteiger partial charge in [-0.2, -0.15) is 23.5 Å². The van der Waals surface area contributed by atoms with E-state index in [1.165, 1.54) is 37.8 Å². The summed E-state index contributed by atoms with van der Waals surface area (Å²) in [6.45, 7) is 7.57. The van der Waals surface area contributed by atoms with Gasteiger partial charge in [0.25, 0.3) is 0 Å². The molecule has 0 aromatic carbocycles. The molecule has 176 valence electrons. The minimum atomic E-state index is -0.363. The second kappa shape index (κ2) is 14.4. The summed E-state index contributed by atoms with van der Waals surface area (Å²) < 4.78 is 11.3. The summed E-state index contributed by atoms with van der Waals surface area (Å²) in [5.74, 6) is 1.52. The molecule has 4 nitrogen and oxygen atoms in total. The maximum atomic E-state index is 11.2. The van der Waals surface area contributed by atoms with Crippen LogP contribution in [0.3, 0.4) is 0 Å². The van der Waals surface area contributed by atoms with Crippen LogP contribution in [0, 0.1) is 0 Å². The molecule has 3 aliphatic rings. The van der Waals surface area contributed by atoms with Gasteiger partial charge in [0.05, 0.1) is 9.16 Å². The largest absolute Gasteiger partial charge is 0.457 e.